The van der Waals surface area contributed by atoms with E-state index in [1.807, 2.05) is 4.68 Å². The van der Waals surface area contributed by atoms with E-state index >= 15 is 0 Å². The van der Waals surface area contributed by atoms with Crippen LogP contribution >= 0.6 is 11.8 Å². The number of aliphatic hydroxyl groups excluding tert-OH is 1. The number of aromatic nitrogens is 4. The average Bonchev–Trinajstić information content (AvgIpc) is 3.03. The maximum Gasteiger partial charge on any atom is 0.209 e. The van der Waals surface area contributed by atoms with Crippen molar-refractivity contribution in [1.29, 1.82) is 0 Å². The van der Waals surface area contributed by atoms with Crippen LogP contribution in [0.5, 0.6) is 0 Å². The molecule has 2 aliphatic carbocycles. The fourth-order valence-corrected chi connectivity index (χ4v) is 4.39. The van der Waals surface area contributed by atoms with Crippen molar-refractivity contribution in [1.82, 2.24) is 20.2 Å². The molecule has 0 amide bonds. The highest BCUT2D eigenvalue weighted by molar-refractivity contribution is 7.99. The Morgan fingerprint density at radius 3 is 2.58 bits per heavy atom. The molecule has 6 heteroatoms. The molecule has 106 valence electrons. The number of hydrogen-bond donors (Lipinski definition) is 1. The topological polar surface area (TPSA) is 63.8 Å². The summed E-state index contributed by atoms with van der Waals surface area (Å²) in [7, 11) is 0. The van der Waals surface area contributed by atoms with Crippen LogP contribution in [0, 0.1) is 0 Å². The monoisotopic (exact) mass is 282 g/mol. The Bertz CT molecular complexity index is 405. The summed E-state index contributed by atoms with van der Waals surface area (Å²) in [6.45, 7) is 0. The average molecular weight is 282 g/mol. The first kappa shape index (κ1) is 13.4. The molecule has 0 aromatic carbocycles. The van der Waals surface area contributed by atoms with Crippen LogP contribution in [0.25, 0.3) is 0 Å². The zero-order chi connectivity index (χ0) is 13.1. The molecular formula is C13H22N4OS. The van der Waals surface area contributed by atoms with Gasteiger partial charge in [0.1, 0.15) is 0 Å². The summed E-state index contributed by atoms with van der Waals surface area (Å²) < 4.78 is 2.00. The van der Waals surface area contributed by atoms with Gasteiger partial charge in [0, 0.05) is 5.25 Å². The standard InChI is InChI=1S/C13H22N4OS/c18-11-8-2-1-3-9-12(11)19-13-14-15-16-17(13)10-6-4-5-7-10/h10-12,18H,1-9H2. The van der Waals surface area contributed by atoms with Crippen molar-refractivity contribution in [3.8, 4) is 0 Å². The van der Waals surface area contributed by atoms with Crippen LogP contribution in [0.4, 0.5) is 0 Å². The third-order valence-corrected chi connectivity index (χ3v) is 5.64. The van der Waals surface area contributed by atoms with E-state index in [0.29, 0.717) is 6.04 Å². The number of thioether (sulfide) groups is 1. The molecule has 19 heavy (non-hydrogen) atoms. The zero-order valence-electron chi connectivity index (χ0n) is 11.2. The van der Waals surface area contributed by atoms with Crippen LogP contribution in [-0.4, -0.2) is 36.7 Å². The molecule has 1 aromatic rings. The van der Waals surface area contributed by atoms with Crippen molar-refractivity contribution in [3.05, 3.63) is 0 Å². The van der Waals surface area contributed by atoms with Gasteiger partial charge >= 0.3 is 0 Å². The number of hydrogen-bond acceptors (Lipinski definition) is 5. The van der Waals surface area contributed by atoms with Gasteiger partial charge in [0.05, 0.1) is 12.1 Å². The van der Waals surface area contributed by atoms with Gasteiger partial charge < -0.3 is 5.11 Å². The molecule has 1 aromatic heterocycles. The molecule has 0 spiro atoms. The SMILES string of the molecule is OC1CCCCCC1Sc1nnnn1C1CCCC1. The maximum absolute atomic E-state index is 10.2. The Hall–Kier alpha value is -0.620. The van der Waals surface area contributed by atoms with Gasteiger partial charge in [-0.1, -0.05) is 43.9 Å². The summed E-state index contributed by atoms with van der Waals surface area (Å²) in [6, 6.07) is 0.473. The minimum absolute atomic E-state index is 0.207. The van der Waals surface area contributed by atoms with Gasteiger partial charge in [-0.15, -0.1) is 5.10 Å². The summed E-state index contributed by atoms with van der Waals surface area (Å²) in [4.78, 5) is 0. The van der Waals surface area contributed by atoms with Crippen LogP contribution < -0.4 is 0 Å². The quantitative estimate of drug-likeness (QED) is 0.863. The van der Waals surface area contributed by atoms with Gasteiger partial charge in [-0.05, 0) is 36.1 Å². The second-order valence-corrected chi connectivity index (χ2v) is 6.91. The fourth-order valence-electron chi connectivity index (χ4n) is 3.17. The number of tetrazole rings is 1. The first-order valence-corrected chi connectivity index (χ1v) is 8.35. The molecule has 1 N–H and O–H groups in total. The van der Waals surface area contributed by atoms with E-state index in [2.05, 4.69) is 15.5 Å². The molecule has 2 fully saturated rings. The lowest BCUT2D eigenvalue weighted by atomic mass is 10.1. The fraction of sp³-hybridized carbons (Fsp3) is 0.923. The lowest BCUT2D eigenvalue weighted by molar-refractivity contribution is 0.163. The summed E-state index contributed by atoms with van der Waals surface area (Å²) in [5.74, 6) is 0. The van der Waals surface area contributed by atoms with E-state index in [1.54, 1.807) is 11.8 Å². The summed E-state index contributed by atoms with van der Waals surface area (Å²) in [5, 5.41) is 23.5. The summed E-state index contributed by atoms with van der Waals surface area (Å²) in [5.41, 5.74) is 0. The first-order chi connectivity index (χ1) is 9.34. The van der Waals surface area contributed by atoms with E-state index in [0.717, 1.165) is 24.4 Å². The predicted octanol–water partition coefficient (Wildman–Crippen LogP) is 2.57. The number of rotatable bonds is 3. The van der Waals surface area contributed by atoms with E-state index in [9.17, 15) is 5.11 Å². The molecule has 3 rings (SSSR count). The van der Waals surface area contributed by atoms with Crippen LogP contribution in [0.1, 0.15) is 63.8 Å². The Morgan fingerprint density at radius 2 is 1.74 bits per heavy atom. The molecule has 2 atom stereocenters. The summed E-state index contributed by atoms with van der Waals surface area (Å²) >= 11 is 1.68. The lowest BCUT2D eigenvalue weighted by Gasteiger charge is -2.20. The second kappa shape index (κ2) is 6.22. The van der Waals surface area contributed by atoms with Gasteiger partial charge in [0.15, 0.2) is 0 Å². The molecule has 2 unspecified atom stereocenters. The first-order valence-electron chi connectivity index (χ1n) is 7.47. The van der Waals surface area contributed by atoms with Crippen molar-refractivity contribution < 1.29 is 5.11 Å². The number of nitrogens with zero attached hydrogens (tertiary/aromatic N) is 4. The lowest BCUT2D eigenvalue weighted by Crippen LogP contribution is -2.22. The van der Waals surface area contributed by atoms with Gasteiger partial charge in [0.2, 0.25) is 5.16 Å². The second-order valence-electron chi connectivity index (χ2n) is 5.71. The maximum atomic E-state index is 10.2. The van der Waals surface area contributed by atoms with Gasteiger partial charge in [-0.25, -0.2) is 4.68 Å². The number of aliphatic hydroxyl groups is 1. The predicted molar refractivity (Wildman–Crippen MR) is 74.1 cm³/mol. The molecular weight excluding hydrogens is 260 g/mol. The van der Waals surface area contributed by atoms with Crippen LogP contribution in [0.2, 0.25) is 0 Å². The highest BCUT2D eigenvalue weighted by Crippen LogP contribution is 2.35. The Labute approximate surface area is 118 Å². The molecule has 2 saturated carbocycles. The molecule has 0 saturated heterocycles. The van der Waals surface area contributed by atoms with Crippen LogP contribution in [0.15, 0.2) is 5.16 Å². The van der Waals surface area contributed by atoms with E-state index in [-0.39, 0.29) is 11.4 Å². The highest BCUT2D eigenvalue weighted by atomic mass is 32.2. The summed E-state index contributed by atoms with van der Waals surface area (Å²) in [6.07, 6.45) is 10.3. The molecule has 1 heterocycles. The van der Waals surface area contributed by atoms with Crippen LogP contribution in [-0.2, 0) is 0 Å². The molecule has 5 nitrogen and oxygen atoms in total. The third kappa shape index (κ3) is 3.11. The minimum atomic E-state index is -0.207. The van der Waals surface area contributed by atoms with Crippen LogP contribution in [0.3, 0.4) is 0 Å². The smallest absolute Gasteiger partial charge is 0.209 e. The molecule has 0 radical (unpaired) electrons. The molecule has 0 bridgehead atoms. The van der Waals surface area contributed by atoms with Crippen molar-refractivity contribution in [2.75, 3.05) is 0 Å². The molecule has 2 aliphatic rings. The Kier molecular flexibility index (Phi) is 4.38. The van der Waals surface area contributed by atoms with Crippen molar-refractivity contribution in [3.63, 3.8) is 0 Å². The highest BCUT2D eigenvalue weighted by Gasteiger charge is 2.27. The third-order valence-electron chi connectivity index (χ3n) is 4.31. The minimum Gasteiger partial charge on any atom is -0.392 e. The van der Waals surface area contributed by atoms with E-state index in [4.69, 9.17) is 0 Å². The van der Waals surface area contributed by atoms with E-state index in [1.165, 1.54) is 38.5 Å². The van der Waals surface area contributed by atoms with Gasteiger partial charge in [-0.2, -0.15) is 0 Å². The largest absolute Gasteiger partial charge is 0.392 e. The normalized spacial score (nSPS) is 29.5. The van der Waals surface area contributed by atoms with E-state index < -0.39 is 0 Å². The van der Waals surface area contributed by atoms with Crippen molar-refractivity contribution in [2.24, 2.45) is 0 Å². The Balaban J connectivity index is 1.70. The van der Waals surface area contributed by atoms with Gasteiger partial charge in [-0.3, -0.25) is 0 Å². The molecule has 0 aliphatic heterocycles. The Morgan fingerprint density at radius 1 is 1.00 bits per heavy atom. The van der Waals surface area contributed by atoms with Crippen molar-refractivity contribution in [2.45, 2.75) is 80.3 Å². The van der Waals surface area contributed by atoms with Gasteiger partial charge in [0.25, 0.3) is 0 Å². The van der Waals surface area contributed by atoms with Crippen molar-refractivity contribution >= 4 is 11.8 Å². The zero-order valence-corrected chi connectivity index (χ0v) is 12.1.